The van der Waals surface area contributed by atoms with Gasteiger partial charge in [-0.3, -0.25) is 0 Å². The second kappa shape index (κ2) is 9.20. The van der Waals surface area contributed by atoms with Gasteiger partial charge in [0.15, 0.2) is 0 Å². The summed E-state index contributed by atoms with van der Waals surface area (Å²) in [5.41, 5.74) is 0.0172. The van der Waals surface area contributed by atoms with Crippen LogP contribution < -0.4 is 118 Å². The first-order chi connectivity index (χ1) is 6.56. The van der Waals surface area contributed by atoms with Crippen LogP contribution in [0.3, 0.4) is 0 Å². The molecule has 1 N–H and O–H groups in total. The first-order valence-corrected chi connectivity index (χ1v) is 3.80. The molecule has 1 rings (SSSR count). The minimum absolute atomic E-state index is 0. The topological polar surface area (TPSA) is 92.3 Å². The third-order valence-corrected chi connectivity index (χ3v) is 1.74. The number of carbonyl (C=O) groups excluding carboxylic acids is 2. The molecule has 0 bridgehead atoms. The molecular weight excluding hydrogens is 264 g/mol. The van der Waals surface area contributed by atoms with E-state index in [1.807, 2.05) is 0 Å². The van der Waals surface area contributed by atoms with E-state index in [0.29, 0.717) is 0 Å². The van der Waals surface area contributed by atoms with Gasteiger partial charge in [-0.25, -0.2) is 0 Å². The zero-order valence-corrected chi connectivity index (χ0v) is 15.6. The Morgan fingerprint density at radius 2 is 1.69 bits per heavy atom. The first kappa shape index (κ1) is 19.6. The molecule has 0 fully saturated rings. The van der Waals surface area contributed by atoms with Crippen molar-refractivity contribution in [1.29, 1.82) is 0 Å². The Morgan fingerprint density at radius 1 is 1.12 bits per heavy atom. The van der Waals surface area contributed by atoms with E-state index in [1.165, 1.54) is 13.1 Å². The summed E-state index contributed by atoms with van der Waals surface area (Å²) in [5, 5.41) is 23.6. The second-order valence-corrected chi connectivity index (χ2v) is 2.59. The van der Waals surface area contributed by atoms with Gasteiger partial charge in [0.2, 0.25) is 0 Å². The van der Waals surface area contributed by atoms with E-state index in [1.54, 1.807) is 0 Å². The molecular formula is C9H7K2NO4. The number of aromatic carboxylic acids is 2. The number of hydrogen-bond acceptors (Lipinski definition) is 5. The molecule has 1 aromatic rings. The number of nitrogens with one attached hydrogen (secondary N) is 1. The Balaban J connectivity index is 0. The van der Waals surface area contributed by atoms with Gasteiger partial charge >= 0.3 is 103 Å². The van der Waals surface area contributed by atoms with Crippen LogP contribution in [0.25, 0.3) is 0 Å². The van der Waals surface area contributed by atoms with E-state index in [9.17, 15) is 19.8 Å². The van der Waals surface area contributed by atoms with Crippen molar-refractivity contribution in [2.75, 3.05) is 12.4 Å². The molecule has 0 radical (unpaired) electrons. The third kappa shape index (κ3) is 5.25. The van der Waals surface area contributed by atoms with Gasteiger partial charge in [0.05, 0.1) is 11.9 Å². The molecule has 0 aliphatic carbocycles. The van der Waals surface area contributed by atoms with Crippen molar-refractivity contribution in [3.63, 3.8) is 0 Å². The molecule has 74 valence electrons. The predicted molar refractivity (Wildman–Crippen MR) is 44.6 cm³/mol. The summed E-state index contributed by atoms with van der Waals surface area (Å²) in [6, 6.07) is 3.49. The molecule has 0 aromatic heterocycles. The minimum Gasteiger partial charge on any atom is -0.545 e. The molecule has 16 heavy (non-hydrogen) atoms. The fourth-order valence-corrected chi connectivity index (χ4v) is 1.06. The van der Waals surface area contributed by atoms with Gasteiger partial charge in [0.25, 0.3) is 0 Å². The molecule has 0 spiro atoms. The van der Waals surface area contributed by atoms with E-state index < -0.39 is 11.9 Å². The fourth-order valence-electron chi connectivity index (χ4n) is 1.06. The summed E-state index contributed by atoms with van der Waals surface area (Å²) in [5.74, 6) is -2.72. The molecule has 0 saturated heterocycles. The molecule has 0 aliphatic rings. The second-order valence-electron chi connectivity index (χ2n) is 2.59. The van der Waals surface area contributed by atoms with Gasteiger partial charge in [-0.05, 0) is 11.6 Å². The van der Waals surface area contributed by atoms with E-state index in [2.05, 4.69) is 5.32 Å². The smallest absolute Gasteiger partial charge is 0.545 e. The third-order valence-electron chi connectivity index (χ3n) is 1.74. The van der Waals surface area contributed by atoms with Gasteiger partial charge in [0.1, 0.15) is 0 Å². The van der Waals surface area contributed by atoms with Crippen LogP contribution in [-0.4, -0.2) is 19.0 Å². The molecule has 7 heteroatoms. The molecule has 0 amide bonds. The SMILES string of the molecule is CNc1cc(C(=O)[O-])ccc1C(=O)[O-].[K+].[K+]. The monoisotopic (exact) mass is 271 g/mol. The minimum atomic E-state index is -1.36. The summed E-state index contributed by atoms with van der Waals surface area (Å²) in [4.78, 5) is 21.0. The number of anilines is 1. The quantitative estimate of drug-likeness (QED) is 0.551. The van der Waals surface area contributed by atoms with Crippen LogP contribution in [0.15, 0.2) is 18.2 Å². The van der Waals surface area contributed by atoms with Crippen LogP contribution in [0.4, 0.5) is 5.69 Å². The van der Waals surface area contributed by atoms with Crippen LogP contribution in [-0.2, 0) is 0 Å². The van der Waals surface area contributed by atoms with Gasteiger partial charge in [0, 0.05) is 18.3 Å². The van der Waals surface area contributed by atoms with Crippen LogP contribution in [0.1, 0.15) is 20.7 Å². The fraction of sp³-hybridized carbons (Fsp3) is 0.111. The van der Waals surface area contributed by atoms with Crippen molar-refractivity contribution in [2.45, 2.75) is 0 Å². The molecule has 1 aromatic carbocycles. The number of rotatable bonds is 3. The summed E-state index contributed by atoms with van der Waals surface area (Å²) >= 11 is 0. The number of hydrogen-bond donors (Lipinski definition) is 1. The summed E-state index contributed by atoms with van der Waals surface area (Å²) in [7, 11) is 1.49. The maximum Gasteiger partial charge on any atom is 1.00 e. The van der Waals surface area contributed by atoms with Crippen LogP contribution in [0.2, 0.25) is 0 Å². The van der Waals surface area contributed by atoms with Crippen LogP contribution >= 0.6 is 0 Å². The average Bonchev–Trinajstić information content (AvgIpc) is 2.16. The van der Waals surface area contributed by atoms with E-state index in [-0.39, 0.29) is 120 Å². The number of carboxylic acid groups (broad SMARTS) is 2. The van der Waals surface area contributed by atoms with Gasteiger partial charge in [-0.2, -0.15) is 0 Å². The number of benzene rings is 1. The van der Waals surface area contributed by atoms with Crippen molar-refractivity contribution in [3.8, 4) is 0 Å². The van der Waals surface area contributed by atoms with Crippen molar-refractivity contribution >= 4 is 17.6 Å². The summed E-state index contributed by atoms with van der Waals surface area (Å²) < 4.78 is 0. The molecule has 0 aliphatic heterocycles. The van der Waals surface area contributed by atoms with Crippen molar-refractivity contribution in [3.05, 3.63) is 29.3 Å². The Morgan fingerprint density at radius 3 is 2.06 bits per heavy atom. The van der Waals surface area contributed by atoms with Gasteiger partial charge in [-0.1, -0.05) is 12.1 Å². The van der Waals surface area contributed by atoms with Gasteiger partial charge in [-0.15, -0.1) is 0 Å². The Labute approximate surface area is 178 Å². The normalized spacial score (nSPS) is 8.31. The molecule has 0 saturated carbocycles. The zero-order valence-electron chi connectivity index (χ0n) is 9.37. The van der Waals surface area contributed by atoms with Gasteiger partial charge < -0.3 is 25.1 Å². The molecule has 0 heterocycles. The maximum absolute atomic E-state index is 10.5. The van der Waals surface area contributed by atoms with E-state index in [0.717, 1.165) is 12.1 Å². The Bertz CT molecular complexity index is 395. The number of carbonyl (C=O) groups is 2. The van der Waals surface area contributed by atoms with E-state index in [4.69, 9.17) is 0 Å². The van der Waals surface area contributed by atoms with Crippen molar-refractivity contribution in [1.82, 2.24) is 0 Å². The Hall–Kier alpha value is 1.23. The summed E-state index contributed by atoms with van der Waals surface area (Å²) in [6.07, 6.45) is 0. The van der Waals surface area contributed by atoms with Crippen molar-refractivity contribution < 1.29 is 123 Å². The molecule has 0 atom stereocenters. The molecule has 0 unspecified atom stereocenters. The zero-order chi connectivity index (χ0) is 10.7. The summed E-state index contributed by atoms with van der Waals surface area (Å²) in [6.45, 7) is 0. The molecule has 5 nitrogen and oxygen atoms in total. The Kier molecular flexibility index (Phi) is 11.3. The van der Waals surface area contributed by atoms with Crippen LogP contribution in [0, 0.1) is 0 Å². The first-order valence-electron chi connectivity index (χ1n) is 3.80. The standard InChI is InChI=1S/C9H9NO4.2K/c1-10-7-4-5(8(11)12)2-3-6(7)9(13)14;;/h2-4,10H,1H3,(H,11,12)(H,13,14);;/q;2*+1/p-2. The largest absolute Gasteiger partial charge is 1.00 e. The van der Waals surface area contributed by atoms with E-state index >= 15 is 0 Å². The number of carboxylic acids is 2. The van der Waals surface area contributed by atoms with Crippen LogP contribution in [0.5, 0.6) is 0 Å². The van der Waals surface area contributed by atoms with Crippen molar-refractivity contribution in [2.24, 2.45) is 0 Å². The predicted octanol–water partition coefficient (Wildman–Crippen LogP) is -7.54. The average molecular weight is 271 g/mol. The maximum atomic E-state index is 10.5.